The molecule has 3 atom stereocenters. The van der Waals surface area contributed by atoms with Gasteiger partial charge in [0.15, 0.2) is 0 Å². The molecule has 1 aliphatic rings. The second kappa shape index (κ2) is 8.05. The van der Waals surface area contributed by atoms with Gasteiger partial charge in [-0.1, -0.05) is 5.10 Å². The number of aryl methyl sites for hydroxylation is 1. The average molecular weight is 380 g/mol. The van der Waals surface area contributed by atoms with Crippen molar-refractivity contribution in [1.82, 2.24) is 15.2 Å². The van der Waals surface area contributed by atoms with E-state index in [1.165, 1.54) is 13.3 Å². The van der Waals surface area contributed by atoms with Crippen molar-refractivity contribution in [2.24, 2.45) is 0 Å². The van der Waals surface area contributed by atoms with Crippen molar-refractivity contribution >= 4 is 22.4 Å². The third kappa shape index (κ3) is 3.99. The standard InChI is InChI=1S/C17H21FN4O3S/c1-9-6-11(12-7-10(24-2)4-5-14(12)18)13(8-19-9)15(23)20-16-21-22-17(25-3)26-16/h6,8,10,12,14H,4-5,7H2,1-3H3,(H,20,21,23). The number of halogens is 1. The summed E-state index contributed by atoms with van der Waals surface area (Å²) in [5.41, 5.74) is 1.73. The number of aromatic nitrogens is 3. The van der Waals surface area contributed by atoms with Crippen LogP contribution in [-0.2, 0) is 4.74 Å². The van der Waals surface area contributed by atoms with Crippen molar-refractivity contribution in [2.45, 2.75) is 44.4 Å². The second-order valence-corrected chi connectivity index (χ2v) is 7.18. The van der Waals surface area contributed by atoms with Gasteiger partial charge in [-0.15, -0.1) is 5.10 Å². The maximum absolute atomic E-state index is 14.7. The third-order valence-corrected chi connectivity index (χ3v) is 5.37. The minimum Gasteiger partial charge on any atom is -0.472 e. The lowest BCUT2D eigenvalue weighted by molar-refractivity contribution is 0.0370. The van der Waals surface area contributed by atoms with E-state index in [1.54, 1.807) is 13.2 Å². The molecule has 0 aliphatic heterocycles. The number of hydrogen-bond donors (Lipinski definition) is 1. The quantitative estimate of drug-likeness (QED) is 0.858. The van der Waals surface area contributed by atoms with Gasteiger partial charge in [-0.25, -0.2) is 4.39 Å². The molecule has 0 radical (unpaired) electrons. The Hall–Kier alpha value is -2.13. The second-order valence-electron chi connectivity index (χ2n) is 6.24. The van der Waals surface area contributed by atoms with Gasteiger partial charge in [0, 0.05) is 24.9 Å². The molecule has 1 N–H and O–H groups in total. The minimum absolute atomic E-state index is 0.0104. The number of pyridine rings is 1. The number of nitrogens with one attached hydrogen (secondary N) is 1. The monoisotopic (exact) mass is 380 g/mol. The first kappa shape index (κ1) is 18.7. The highest BCUT2D eigenvalue weighted by molar-refractivity contribution is 7.17. The number of alkyl halides is 1. The first-order chi connectivity index (χ1) is 12.5. The SMILES string of the molecule is COc1nnc(NC(=O)c2cnc(C)cc2C2CC(OC)CCC2F)s1. The average Bonchev–Trinajstić information content (AvgIpc) is 3.09. The number of anilines is 1. The Balaban J connectivity index is 1.88. The summed E-state index contributed by atoms with van der Waals surface area (Å²) in [4.78, 5) is 16.9. The van der Waals surface area contributed by atoms with Gasteiger partial charge in [0.25, 0.3) is 11.1 Å². The Labute approximate surface area is 155 Å². The molecule has 0 bridgehead atoms. The Morgan fingerprint density at radius 3 is 2.85 bits per heavy atom. The summed E-state index contributed by atoms with van der Waals surface area (Å²) < 4.78 is 25.0. The third-order valence-electron chi connectivity index (χ3n) is 4.57. The van der Waals surface area contributed by atoms with Gasteiger partial charge < -0.3 is 9.47 Å². The largest absolute Gasteiger partial charge is 0.472 e. The Morgan fingerprint density at radius 2 is 2.15 bits per heavy atom. The topological polar surface area (TPSA) is 86.2 Å². The number of ether oxygens (including phenoxy) is 2. The van der Waals surface area contributed by atoms with Crippen LogP contribution in [0.5, 0.6) is 5.19 Å². The zero-order valence-corrected chi connectivity index (χ0v) is 15.7. The molecule has 2 heterocycles. The lowest BCUT2D eigenvalue weighted by Crippen LogP contribution is -2.30. The molecule has 1 amide bonds. The van der Waals surface area contributed by atoms with Crippen LogP contribution >= 0.6 is 11.3 Å². The highest BCUT2D eigenvalue weighted by atomic mass is 32.1. The van der Waals surface area contributed by atoms with Crippen LogP contribution in [0.2, 0.25) is 0 Å². The molecule has 0 spiro atoms. The molecule has 3 rings (SSSR count). The molecule has 0 saturated heterocycles. The van der Waals surface area contributed by atoms with E-state index in [2.05, 4.69) is 20.5 Å². The van der Waals surface area contributed by atoms with Gasteiger partial charge in [-0.05, 0) is 49.2 Å². The van der Waals surface area contributed by atoms with Crippen LogP contribution in [-0.4, -0.2) is 47.6 Å². The van der Waals surface area contributed by atoms with E-state index in [1.807, 2.05) is 6.92 Å². The fraction of sp³-hybridized carbons (Fsp3) is 0.529. The molecule has 140 valence electrons. The van der Waals surface area contributed by atoms with Gasteiger partial charge in [0.05, 0.1) is 18.8 Å². The van der Waals surface area contributed by atoms with Crippen molar-refractivity contribution in [3.8, 4) is 5.19 Å². The van der Waals surface area contributed by atoms with E-state index in [-0.39, 0.29) is 6.10 Å². The van der Waals surface area contributed by atoms with E-state index in [9.17, 15) is 9.18 Å². The van der Waals surface area contributed by atoms with Crippen LogP contribution in [0.4, 0.5) is 9.52 Å². The van der Waals surface area contributed by atoms with E-state index in [0.717, 1.165) is 17.0 Å². The van der Waals surface area contributed by atoms with Crippen molar-refractivity contribution < 1.29 is 18.7 Å². The fourth-order valence-corrected chi connectivity index (χ4v) is 3.77. The molecule has 26 heavy (non-hydrogen) atoms. The molecule has 7 nitrogen and oxygen atoms in total. The fourth-order valence-electron chi connectivity index (χ4n) is 3.22. The number of hydrogen-bond acceptors (Lipinski definition) is 7. The van der Waals surface area contributed by atoms with E-state index in [4.69, 9.17) is 9.47 Å². The summed E-state index contributed by atoms with van der Waals surface area (Å²) in [5, 5.41) is 11.0. The van der Waals surface area contributed by atoms with E-state index >= 15 is 0 Å². The minimum atomic E-state index is -1.02. The zero-order chi connectivity index (χ0) is 18.7. The molecule has 1 saturated carbocycles. The highest BCUT2D eigenvalue weighted by Gasteiger charge is 2.34. The maximum atomic E-state index is 14.7. The lowest BCUT2D eigenvalue weighted by Gasteiger charge is -2.32. The van der Waals surface area contributed by atoms with E-state index in [0.29, 0.717) is 40.7 Å². The van der Waals surface area contributed by atoms with Crippen LogP contribution in [0.25, 0.3) is 0 Å². The van der Waals surface area contributed by atoms with Crippen molar-refractivity contribution in [3.63, 3.8) is 0 Å². The molecular formula is C17H21FN4O3S. The molecule has 1 aliphatic carbocycles. The summed E-state index contributed by atoms with van der Waals surface area (Å²) in [6.45, 7) is 1.82. The van der Waals surface area contributed by atoms with Crippen LogP contribution in [0.3, 0.4) is 0 Å². The zero-order valence-electron chi connectivity index (χ0n) is 14.9. The van der Waals surface area contributed by atoms with Gasteiger partial charge in [-0.3, -0.25) is 15.1 Å². The Bertz CT molecular complexity index is 785. The van der Waals surface area contributed by atoms with Gasteiger partial charge in [0.1, 0.15) is 6.17 Å². The summed E-state index contributed by atoms with van der Waals surface area (Å²) >= 11 is 1.11. The van der Waals surface area contributed by atoms with Crippen molar-refractivity contribution in [1.29, 1.82) is 0 Å². The van der Waals surface area contributed by atoms with Crippen LogP contribution in [0, 0.1) is 6.92 Å². The molecule has 2 aromatic rings. The summed E-state index contributed by atoms with van der Waals surface area (Å²) in [7, 11) is 3.11. The molecule has 1 fully saturated rings. The Kier molecular flexibility index (Phi) is 5.77. The first-order valence-electron chi connectivity index (χ1n) is 8.34. The summed E-state index contributed by atoms with van der Waals surface area (Å²) in [6.07, 6.45) is 2.10. The van der Waals surface area contributed by atoms with Gasteiger partial charge >= 0.3 is 0 Å². The molecular weight excluding hydrogens is 359 g/mol. The normalized spacial score (nSPS) is 22.8. The Morgan fingerprint density at radius 1 is 1.35 bits per heavy atom. The van der Waals surface area contributed by atoms with Gasteiger partial charge in [-0.2, -0.15) is 0 Å². The highest BCUT2D eigenvalue weighted by Crippen LogP contribution is 2.38. The summed E-state index contributed by atoms with van der Waals surface area (Å²) in [6, 6.07) is 1.78. The number of carbonyl (C=O) groups is 1. The number of nitrogens with zero attached hydrogens (tertiary/aromatic N) is 3. The predicted molar refractivity (Wildman–Crippen MR) is 95.7 cm³/mol. The number of amides is 1. The van der Waals surface area contributed by atoms with Gasteiger partial charge in [0.2, 0.25) is 5.13 Å². The number of carbonyl (C=O) groups excluding carboxylic acids is 1. The number of rotatable bonds is 5. The first-order valence-corrected chi connectivity index (χ1v) is 9.15. The molecule has 9 heteroatoms. The maximum Gasteiger partial charge on any atom is 0.295 e. The van der Waals surface area contributed by atoms with Crippen LogP contribution < -0.4 is 10.1 Å². The number of methoxy groups -OCH3 is 2. The molecule has 0 aromatic carbocycles. The lowest BCUT2D eigenvalue weighted by atomic mass is 9.79. The van der Waals surface area contributed by atoms with Crippen molar-refractivity contribution in [2.75, 3.05) is 19.5 Å². The predicted octanol–water partition coefficient (Wildman–Crippen LogP) is 3.12. The van der Waals surface area contributed by atoms with Crippen molar-refractivity contribution in [3.05, 3.63) is 29.1 Å². The van der Waals surface area contributed by atoms with Crippen LogP contribution in [0.15, 0.2) is 12.3 Å². The smallest absolute Gasteiger partial charge is 0.295 e. The summed E-state index contributed by atoms with van der Waals surface area (Å²) in [5.74, 6) is -0.793. The molecule has 2 aromatic heterocycles. The molecule has 3 unspecified atom stereocenters. The van der Waals surface area contributed by atoms with E-state index < -0.39 is 18.0 Å². The van der Waals surface area contributed by atoms with Crippen LogP contribution in [0.1, 0.15) is 46.8 Å².